The quantitative estimate of drug-likeness (QED) is 0.770. The molecule has 0 radical (unpaired) electrons. The maximum Gasteiger partial charge on any atom is 0.186 e. The number of hydrogen-bond acceptors (Lipinski definition) is 5. The van der Waals surface area contributed by atoms with Crippen molar-refractivity contribution in [2.75, 3.05) is 31.1 Å². The Morgan fingerprint density at radius 3 is 2.28 bits per heavy atom. The van der Waals surface area contributed by atoms with Crippen molar-refractivity contribution >= 4 is 22.8 Å². The summed E-state index contributed by atoms with van der Waals surface area (Å²) in [5, 5.41) is 0.989. The summed E-state index contributed by atoms with van der Waals surface area (Å²) in [6, 6.07) is 0. The molecule has 0 aromatic carbocycles. The first-order valence-corrected chi connectivity index (χ1v) is 7.16. The standard InChI is InChI=1S/C13H21N3OS/c1-10-11(9-17)18-12(14-10)15-5-7-16(8-6-15)13(2,3)4/h9H,5-8H2,1-4H3. The molecule has 1 aromatic heterocycles. The van der Waals surface area contributed by atoms with E-state index in [-0.39, 0.29) is 5.54 Å². The first-order valence-electron chi connectivity index (χ1n) is 6.34. The van der Waals surface area contributed by atoms with Gasteiger partial charge in [0.1, 0.15) is 0 Å². The average Bonchev–Trinajstić information content (AvgIpc) is 2.69. The highest BCUT2D eigenvalue weighted by Crippen LogP contribution is 2.26. The van der Waals surface area contributed by atoms with E-state index in [4.69, 9.17) is 0 Å². The number of carbonyl (C=O) groups excluding carboxylic acids is 1. The van der Waals surface area contributed by atoms with E-state index in [0.717, 1.165) is 48.2 Å². The summed E-state index contributed by atoms with van der Waals surface area (Å²) in [7, 11) is 0. The van der Waals surface area contributed by atoms with Crippen molar-refractivity contribution in [3.8, 4) is 0 Å². The minimum atomic E-state index is 0.235. The molecule has 0 saturated carbocycles. The van der Waals surface area contributed by atoms with Gasteiger partial charge in [-0.2, -0.15) is 0 Å². The van der Waals surface area contributed by atoms with Gasteiger partial charge >= 0.3 is 0 Å². The molecule has 100 valence electrons. The fourth-order valence-corrected chi connectivity index (χ4v) is 3.14. The van der Waals surface area contributed by atoms with Crippen LogP contribution in [0.4, 0.5) is 5.13 Å². The molecule has 2 heterocycles. The van der Waals surface area contributed by atoms with Crippen LogP contribution >= 0.6 is 11.3 Å². The molecule has 1 aromatic rings. The topological polar surface area (TPSA) is 36.4 Å². The average molecular weight is 267 g/mol. The van der Waals surface area contributed by atoms with Gasteiger partial charge < -0.3 is 4.90 Å². The summed E-state index contributed by atoms with van der Waals surface area (Å²) in [5.41, 5.74) is 1.09. The van der Waals surface area contributed by atoms with Crippen LogP contribution < -0.4 is 4.90 Å². The van der Waals surface area contributed by atoms with Gasteiger partial charge in [0.15, 0.2) is 11.4 Å². The second-order valence-electron chi connectivity index (χ2n) is 5.71. The SMILES string of the molecule is Cc1nc(N2CCN(C(C)(C)C)CC2)sc1C=O. The number of hydrogen-bond donors (Lipinski definition) is 0. The Bertz CT molecular complexity index is 428. The number of aromatic nitrogens is 1. The molecular weight excluding hydrogens is 246 g/mol. The molecule has 1 saturated heterocycles. The summed E-state index contributed by atoms with van der Waals surface area (Å²) in [5.74, 6) is 0. The van der Waals surface area contributed by atoms with Crippen LogP contribution in [0.15, 0.2) is 0 Å². The number of aldehydes is 1. The largest absolute Gasteiger partial charge is 0.346 e. The Hall–Kier alpha value is -0.940. The van der Waals surface area contributed by atoms with E-state index >= 15 is 0 Å². The lowest BCUT2D eigenvalue weighted by molar-refractivity contribution is 0.112. The fraction of sp³-hybridized carbons (Fsp3) is 0.692. The lowest BCUT2D eigenvalue weighted by atomic mass is 10.1. The lowest BCUT2D eigenvalue weighted by Crippen LogP contribution is -2.53. The molecule has 4 nitrogen and oxygen atoms in total. The first kappa shape index (κ1) is 13.5. The van der Waals surface area contributed by atoms with E-state index in [1.807, 2.05) is 6.92 Å². The van der Waals surface area contributed by atoms with E-state index in [0.29, 0.717) is 0 Å². The van der Waals surface area contributed by atoms with Gasteiger partial charge in [0, 0.05) is 31.7 Å². The number of piperazine rings is 1. The second kappa shape index (κ2) is 4.97. The summed E-state index contributed by atoms with van der Waals surface area (Å²) < 4.78 is 0. The zero-order chi connectivity index (χ0) is 13.3. The predicted molar refractivity (Wildman–Crippen MR) is 75.8 cm³/mol. The highest BCUT2D eigenvalue weighted by atomic mass is 32.1. The molecule has 18 heavy (non-hydrogen) atoms. The molecule has 2 rings (SSSR count). The van der Waals surface area contributed by atoms with Crippen LogP contribution in [-0.4, -0.2) is 47.9 Å². The fourth-order valence-electron chi connectivity index (χ4n) is 2.21. The van der Waals surface area contributed by atoms with Crippen LogP contribution in [0.1, 0.15) is 36.1 Å². The van der Waals surface area contributed by atoms with Gasteiger partial charge in [-0.25, -0.2) is 4.98 Å². The second-order valence-corrected chi connectivity index (χ2v) is 6.72. The summed E-state index contributed by atoms with van der Waals surface area (Å²) in [6.45, 7) is 12.7. The Morgan fingerprint density at radius 2 is 1.83 bits per heavy atom. The van der Waals surface area contributed by atoms with Crippen molar-refractivity contribution < 1.29 is 4.79 Å². The normalized spacial score (nSPS) is 18.1. The molecule has 0 unspecified atom stereocenters. The van der Waals surface area contributed by atoms with Gasteiger partial charge in [-0.15, -0.1) is 0 Å². The highest BCUT2D eigenvalue weighted by Gasteiger charge is 2.27. The minimum absolute atomic E-state index is 0.235. The third-order valence-corrected chi connectivity index (χ3v) is 4.57. The van der Waals surface area contributed by atoms with Crippen LogP contribution in [0.2, 0.25) is 0 Å². The van der Waals surface area contributed by atoms with Crippen LogP contribution in [0.3, 0.4) is 0 Å². The van der Waals surface area contributed by atoms with Gasteiger partial charge in [-0.1, -0.05) is 11.3 Å². The Kier molecular flexibility index (Phi) is 3.73. The molecule has 0 amide bonds. The number of aryl methyl sites for hydroxylation is 1. The molecule has 1 fully saturated rings. The maximum absolute atomic E-state index is 10.9. The van der Waals surface area contributed by atoms with Crippen LogP contribution in [-0.2, 0) is 0 Å². The summed E-state index contributed by atoms with van der Waals surface area (Å²) >= 11 is 1.50. The molecule has 0 spiro atoms. The maximum atomic E-state index is 10.9. The smallest absolute Gasteiger partial charge is 0.186 e. The van der Waals surface area contributed by atoms with E-state index in [2.05, 4.69) is 35.6 Å². The zero-order valence-corrected chi connectivity index (χ0v) is 12.4. The molecule has 0 aliphatic carbocycles. The van der Waals surface area contributed by atoms with Crippen LogP contribution in [0.5, 0.6) is 0 Å². The highest BCUT2D eigenvalue weighted by molar-refractivity contribution is 7.17. The van der Waals surface area contributed by atoms with E-state index in [1.54, 1.807) is 0 Å². The van der Waals surface area contributed by atoms with Crippen molar-refractivity contribution in [3.05, 3.63) is 10.6 Å². The van der Waals surface area contributed by atoms with E-state index < -0.39 is 0 Å². The Morgan fingerprint density at radius 1 is 1.22 bits per heavy atom. The molecule has 0 N–H and O–H groups in total. The Balaban J connectivity index is 2.03. The Labute approximate surface area is 113 Å². The number of anilines is 1. The number of rotatable bonds is 2. The van der Waals surface area contributed by atoms with Crippen LogP contribution in [0, 0.1) is 6.92 Å². The minimum Gasteiger partial charge on any atom is -0.346 e. The molecule has 1 aliphatic rings. The first-order chi connectivity index (χ1) is 8.41. The lowest BCUT2D eigenvalue weighted by Gasteiger charge is -2.42. The zero-order valence-electron chi connectivity index (χ0n) is 11.6. The summed E-state index contributed by atoms with van der Waals surface area (Å²) in [6.07, 6.45) is 0.905. The van der Waals surface area contributed by atoms with Gasteiger partial charge in [0.2, 0.25) is 0 Å². The number of carbonyl (C=O) groups is 1. The van der Waals surface area contributed by atoms with E-state index in [9.17, 15) is 4.79 Å². The third kappa shape index (κ3) is 2.72. The van der Waals surface area contributed by atoms with Crippen molar-refractivity contribution in [1.82, 2.24) is 9.88 Å². The van der Waals surface area contributed by atoms with Crippen LogP contribution in [0.25, 0.3) is 0 Å². The van der Waals surface area contributed by atoms with Gasteiger partial charge in [0.25, 0.3) is 0 Å². The monoisotopic (exact) mass is 267 g/mol. The third-order valence-electron chi connectivity index (χ3n) is 3.43. The van der Waals surface area contributed by atoms with Gasteiger partial charge in [-0.05, 0) is 27.7 Å². The van der Waals surface area contributed by atoms with Gasteiger partial charge in [0.05, 0.1) is 10.6 Å². The number of nitrogens with zero attached hydrogens (tertiary/aromatic N) is 3. The molecule has 0 atom stereocenters. The van der Waals surface area contributed by atoms with Crippen molar-refractivity contribution in [2.45, 2.75) is 33.2 Å². The molecular formula is C13H21N3OS. The van der Waals surface area contributed by atoms with Crippen molar-refractivity contribution in [1.29, 1.82) is 0 Å². The van der Waals surface area contributed by atoms with Crippen molar-refractivity contribution in [2.24, 2.45) is 0 Å². The molecule has 5 heteroatoms. The van der Waals surface area contributed by atoms with E-state index in [1.165, 1.54) is 11.3 Å². The molecule has 0 bridgehead atoms. The number of thiazole rings is 1. The molecule has 1 aliphatic heterocycles. The predicted octanol–water partition coefficient (Wildman–Crippen LogP) is 2.18. The van der Waals surface area contributed by atoms with Crippen molar-refractivity contribution in [3.63, 3.8) is 0 Å². The summed E-state index contributed by atoms with van der Waals surface area (Å²) in [4.78, 5) is 20.9. The van der Waals surface area contributed by atoms with Gasteiger partial charge in [-0.3, -0.25) is 9.69 Å².